The van der Waals surface area contributed by atoms with Crippen LogP contribution in [0.5, 0.6) is 0 Å². The molecule has 1 aromatic heterocycles. The topological polar surface area (TPSA) is 39.2 Å². The number of ketones is 1. The summed E-state index contributed by atoms with van der Waals surface area (Å²) in [6.07, 6.45) is 6.93. The van der Waals surface area contributed by atoms with Crippen molar-refractivity contribution in [3.63, 3.8) is 0 Å². The van der Waals surface area contributed by atoms with Crippen LogP contribution >= 0.6 is 0 Å². The quantitative estimate of drug-likeness (QED) is 0.752. The van der Waals surface area contributed by atoms with Crippen molar-refractivity contribution >= 4 is 5.78 Å². The molecule has 1 unspecified atom stereocenters. The largest absolute Gasteiger partial charge is 0.375 e. The summed E-state index contributed by atoms with van der Waals surface area (Å²) in [5.74, 6) is 0.315. The standard InChI is InChI=1S/C15H19NO2/c1-11-4-2-8-16-13(11)14(17)12-5-9-18-15(10-12)6-3-7-15/h2,4,8,12H,3,5-7,9-10H2,1H3. The molecule has 3 heteroatoms. The second-order valence-corrected chi connectivity index (χ2v) is 5.61. The fourth-order valence-electron chi connectivity index (χ4n) is 3.11. The highest BCUT2D eigenvalue weighted by Crippen LogP contribution is 2.44. The summed E-state index contributed by atoms with van der Waals surface area (Å²) < 4.78 is 5.88. The van der Waals surface area contributed by atoms with Crippen LogP contribution in [0.2, 0.25) is 0 Å². The third-order valence-corrected chi connectivity index (χ3v) is 4.37. The molecule has 1 saturated carbocycles. The van der Waals surface area contributed by atoms with Crippen molar-refractivity contribution in [1.29, 1.82) is 0 Å². The summed E-state index contributed by atoms with van der Waals surface area (Å²) in [4.78, 5) is 16.8. The second-order valence-electron chi connectivity index (χ2n) is 5.61. The molecule has 1 spiro atoms. The van der Waals surface area contributed by atoms with Gasteiger partial charge in [-0.05, 0) is 50.7 Å². The van der Waals surface area contributed by atoms with Crippen molar-refractivity contribution in [1.82, 2.24) is 4.98 Å². The summed E-state index contributed by atoms with van der Waals surface area (Å²) in [7, 11) is 0. The van der Waals surface area contributed by atoms with Crippen LogP contribution in [0, 0.1) is 12.8 Å². The number of carbonyl (C=O) groups is 1. The first-order chi connectivity index (χ1) is 8.70. The Hall–Kier alpha value is -1.22. The predicted octanol–water partition coefficient (Wildman–Crippen LogP) is 2.92. The van der Waals surface area contributed by atoms with Crippen LogP contribution in [0.25, 0.3) is 0 Å². The maximum Gasteiger partial charge on any atom is 0.184 e. The summed E-state index contributed by atoms with van der Waals surface area (Å²) in [5, 5.41) is 0. The van der Waals surface area contributed by atoms with Crippen molar-refractivity contribution in [3.05, 3.63) is 29.6 Å². The van der Waals surface area contributed by atoms with Crippen LogP contribution in [-0.2, 0) is 4.74 Å². The molecule has 0 radical (unpaired) electrons. The number of hydrogen-bond acceptors (Lipinski definition) is 3. The zero-order chi connectivity index (χ0) is 12.6. The summed E-state index contributed by atoms with van der Waals surface area (Å²) in [6.45, 7) is 2.68. The Morgan fingerprint density at radius 2 is 2.33 bits per heavy atom. The lowest BCUT2D eigenvalue weighted by Crippen LogP contribution is -2.47. The molecule has 0 amide bonds. The fourth-order valence-corrected chi connectivity index (χ4v) is 3.11. The van der Waals surface area contributed by atoms with Gasteiger partial charge < -0.3 is 4.74 Å². The van der Waals surface area contributed by atoms with Crippen LogP contribution in [0.15, 0.2) is 18.3 Å². The van der Waals surface area contributed by atoms with Gasteiger partial charge in [0.25, 0.3) is 0 Å². The van der Waals surface area contributed by atoms with Gasteiger partial charge in [0.2, 0.25) is 0 Å². The molecular weight excluding hydrogens is 226 g/mol. The molecule has 0 N–H and O–H groups in total. The molecule has 2 fully saturated rings. The van der Waals surface area contributed by atoms with Crippen LogP contribution in [0.3, 0.4) is 0 Å². The van der Waals surface area contributed by atoms with Crippen LogP contribution in [-0.4, -0.2) is 23.0 Å². The van der Waals surface area contributed by atoms with Gasteiger partial charge in [-0.2, -0.15) is 0 Å². The first-order valence-electron chi connectivity index (χ1n) is 6.80. The van der Waals surface area contributed by atoms with Crippen LogP contribution in [0.4, 0.5) is 0 Å². The third-order valence-electron chi connectivity index (χ3n) is 4.37. The van der Waals surface area contributed by atoms with Gasteiger partial charge in [0, 0.05) is 18.7 Å². The van der Waals surface area contributed by atoms with E-state index in [0.29, 0.717) is 5.69 Å². The normalized spacial score (nSPS) is 25.7. The first-order valence-corrected chi connectivity index (χ1v) is 6.80. The van der Waals surface area contributed by atoms with Crippen LogP contribution in [0.1, 0.15) is 48.2 Å². The molecule has 18 heavy (non-hydrogen) atoms. The van der Waals surface area contributed by atoms with Crippen molar-refractivity contribution in [2.24, 2.45) is 5.92 Å². The number of carbonyl (C=O) groups excluding carboxylic acids is 1. The lowest BCUT2D eigenvalue weighted by atomic mass is 9.71. The molecule has 96 valence electrons. The highest BCUT2D eigenvalue weighted by atomic mass is 16.5. The van der Waals surface area contributed by atoms with E-state index >= 15 is 0 Å². The number of aromatic nitrogens is 1. The Bertz CT molecular complexity index is 465. The summed E-state index contributed by atoms with van der Waals surface area (Å²) in [6, 6.07) is 3.84. The second kappa shape index (κ2) is 4.47. The van der Waals surface area contributed by atoms with Gasteiger partial charge in [-0.25, -0.2) is 0 Å². The van der Waals surface area contributed by atoms with Gasteiger partial charge in [0.15, 0.2) is 5.78 Å². The minimum Gasteiger partial charge on any atom is -0.375 e. The molecule has 1 aromatic rings. The van der Waals surface area contributed by atoms with E-state index in [1.165, 1.54) is 6.42 Å². The SMILES string of the molecule is Cc1cccnc1C(=O)C1CCOC2(CCC2)C1. The van der Waals surface area contributed by atoms with E-state index in [0.717, 1.165) is 37.9 Å². The van der Waals surface area contributed by atoms with E-state index in [9.17, 15) is 4.79 Å². The summed E-state index contributed by atoms with van der Waals surface area (Å²) in [5.41, 5.74) is 1.66. The van der Waals surface area contributed by atoms with Gasteiger partial charge in [0.1, 0.15) is 5.69 Å². The summed E-state index contributed by atoms with van der Waals surface area (Å²) >= 11 is 0. The highest BCUT2D eigenvalue weighted by molar-refractivity contribution is 5.97. The number of rotatable bonds is 2. The van der Waals surface area contributed by atoms with E-state index in [1.54, 1.807) is 6.20 Å². The van der Waals surface area contributed by atoms with E-state index in [-0.39, 0.29) is 17.3 Å². The van der Waals surface area contributed by atoms with Gasteiger partial charge in [0.05, 0.1) is 5.60 Å². The molecule has 1 aliphatic carbocycles. The Kier molecular flexibility index (Phi) is 2.94. The Balaban J connectivity index is 1.78. The predicted molar refractivity (Wildman–Crippen MR) is 68.6 cm³/mol. The average Bonchev–Trinajstić information content (AvgIpc) is 2.37. The molecular formula is C15H19NO2. The van der Waals surface area contributed by atoms with E-state index in [2.05, 4.69) is 4.98 Å². The minimum absolute atomic E-state index is 0.0290. The monoisotopic (exact) mass is 245 g/mol. The zero-order valence-electron chi connectivity index (χ0n) is 10.8. The van der Waals surface area contributed by atoms with E-state index in [4.69, 9.17) is 4.74 Å². The fraction of sp³-hybridized carbons (Fsp3) is 0.600. The van der Waals surface area contributed by atoms with Gasteiger partial charge in [-0.3, -0.25) is 9.78 Å². The number of pyridine rings is 1. The number of ether oxygens (including phenoxy) is 1. The first kappa shape index (κ1) is 11.8. The molecule has 1 atom stereocenters. The number of nitrogens with zero attached hydrogens (tertiary/aromatic N) is 1. The van der Waals surface area contributed by atoms with E-state index < -0.39 is 0 Å². The lowest BCUT2D eigenvalue weighted by Gasteiger charge is -2.46. The minimum atomic E-state index is 0.0290. The van der Waals surface area contributed by atoms with Gasteiger partial charge in [-0.15, -0.1) is 0 Å². The molecule has 1 saturated heterocycles. The molecule has 0 bridgehead atoms. The van der Waals surface area contributed by atoms with Gasteiger partial charge >= 0.3 is 0 Å². The molecule has 3 nitrogen and oxygen atoms in total. The smallest absolute Gasteiger partial charge is 0.184 e. The highest BCUT2D eigenvalue weighted by Gasteiger charge is 2.44. The van der Waals surface area contributed by atoms with Gasteiger partial charge in [-0.1, -0.05) is 6.07 Å². The lowest BCUT2D eigenvalue weighted by molar-refractivity contribution is -0.137. The van der Waals surface area contributed by atoms with Crippen molar-refractivity contribution in [2.75, 3.05) is 6.61 Å². The third kappa shape index (κ3) is 1.97. The Morgan fingerprint density at radius 3 is 3.00 bits per heavy atom. The van der Waals surface area contributed by atoms with Crippen LogP contribution < -0.4 is 0 Å². The molecule has 1 aliphatic heterocycles. The Labute approximate surface area is 108 Å². The zero-order valence-corrected chi connectivity index (χ0v) is 10.8. The number of aryl methyl sites for hydroxylation is 1. The van der Waals surface area contributed by atoms with Crippen molar-refractivity contribution in [2.45, 2.75) is 44.6 Å². The molecule has 2 heterocycles. The number of Topliss-reactive ketones (excluding diaryl/α,β-unsaturated/α-hetero) is 1. The van der Waals surface area contributed by atoms with Crippen molar-refractivity contribution in [3.8, 4) is 0 Å². The maximum atomic E-state index is 12.5. The maximum absolute atomic E-state index is 12.5. The average molecular weight is 245 g/mol. The molecule has 2 aliphatic rings. The number of hydrogen-bond donors (Lipinski definition) is 0. The van der Waals surface area contributed by atoms with E-state index in [1.807, 2.05) is 19.1 Å². The molecule has 0 aromatic carbocycles. The molecule has 3 rings (SSSR count). The van der Waals surface area contributed by atoms with Crippen molar-refractivity contribution < 1.29 is 9.53 Å². The Morgan fingerprint density at radius 1 is 1.50 bits per heavy atom.